The van der Waals surface area contributed by atoms with E-state index in [0.29, 0.717) is 12.1 Å². The summed E-state index contributed by atoms with van der Waals surface area (Å²) in [5.74, 6) is -78.6. The van der Waals surface area contributed by atoms with E-state index in [0.717, 1.165) is 0 Å². The molecule has 0 aliphatic carbocycles. The first-order chi connectivity index (χ1) is 23.2. The van der Waals surface area contributed by atoms with Gasteiger partial charge >= 0.3 is 71.6 Å². The summed E-state index contributed by atoms with van der Waals surface area (Å²) in [6.07, 6.45) is -15.4. The third-order valence-corrected chi connectivity index (χ3v) is 10.2. The van der Waals surface area contributed by atoms with E-state index >= 15 is 0 Å². The van der Waals surface area contributed by atoms with Gasteiger partial charge in [-0.1, -0.05) is 0 Å². The van der Waals surface area contributed by atoms with Crippen molar-refractivity contribution in [3.63, 3.8) is 0 Å². The van der Waals surface area contributed by atoms with Gasteiger partial charge in [0.15, 0.2) is 0 Å². The number of halogens is 26. The highest BCUT2D eigenvalue weighted by molar-refractivity contribution is 7.26. The van der Waals surface area contributed by atoms with Gasteiger partial charge in [-0.25, -0.2) is 0 Å². The van der Waals surface area contributed by atoms with Gasteiger partial charge in [0, 0.05) is 20.9 Å². The Balaban J connectivity index is 2.12. The summed E-state index contributed by atoms with van der Waals surface area (Å²) < 4.78 is 355. The third kappa shape index (κ3) is 5.93. The second kappa shape index (κ2) is 12.4. The maximum atomic E-state index is 14.9. The highest BCUT2D eigenvalue weighted by atomic mass is 32.1. The molecule has 302 valence electrons. The normalized spacial score (nSPS) is 15.7. The van der Waals surface area contributed by atoms with E-state index in [2.05, 4.69) is 0 Å². The van der Waals surface area contributed by atoms with Crippen LogP contribution in [0.4, 0.5) is 114 Å². The van der Waals surface area contributed by atoms with Gasteiger partial charge in [-0.3, -0.25) is 0 Å². The molecule has 0 saturated heterocycles. The Labute approximate surface area is 285 Å². The lowest BCUT2D eigenvalue weighted by molar-refractivity contribution is -0.441. The molecule has 53 heavy (non-hydrogen) atoms. The first-order valence-corrected chi connectivity index (χ1v) is 14.9. The summed E-state index contributed by atoms with van der Waals surface area (Å²) in [6, 6.07) is 0.0163. The minimum atomic E-state index is -8.29. The molecular formula is C24H6F26S3. The summed E-state index contributed by atoms with van der Waals surface area (Å²) in [6.45, 7) is 0. The van der Waals surface area contributed by atoms with E-state index in [1.54, 1.807) is 0 Å². The van der Waals surface area contributed by atoms with Crippen molar-refractivity contribution in [2.75, 3.05) is 0 Å². The molecule has 0 nitrogen and oxygen atoms in total. The minimum absolute atomic E-state index is 0.249. The fourth-order valence-corrected chi connectivity index (χ4v) is 7.10. The molecule has 0 fully saturated rings. The monoisotopic (exact) mass is 884 g/mol. The van der Waals surface area contributed by atoms with E-state index in [1.807, 2.05) is 0 Å². The standard InChI is InChI=1S/C24H6F26S3/c25-13(26,15(29,30)17(33,34)19(37,38)21(41,42)23(45,46)47)7-3-5-51-11(7)9-1-2-10(53-9)12-8(4-6-52-12)14(27,28)16(31,32)18(35,36)20(39,40)22(43,44)24(48,49)50/h1-6H. The lowest BCUT2D eigenvalue weighted by Gasteiger charge is -2.39. The van der Waals surface area contributed by atoms with E-state index in [4.69, 9.17) is 0 Å². The Morgan fingerprint density at radius 3 is 0.792 bits per heavy atom. The molecule has 0 radical (unpaired) electrons. The maximum absolute atomic E-state index is 14.9. The van der Waals surface area contributed by atoms with Crippen LogP contribution in [-0.4, -0.2) is 59.7 Å². The SMILES string of the molecule is FC(F)(F)C(F)(F)C(F)(F)C(F)(F)C(F)(F)C(F)(F)c1ccsc1-c1ccc(-c2sccc2C(F)(F)C(F)(F)C(F)(F)C(F)(F)C(F)(F)C(F)(F)F)s1. The molecule has 0 aromatic carbocycles. The molecule has 0 N–H and O–H groups in total. The van der Waals surface area contributed by atoms with E-state index in [-0.39, 0.29) is 56.9 Å². The molecule has 29 heteroatoms. The van der Waals surface area contributed by atoms with Crippen LogP contribution in [0, 0.1) is 0 Å². The lowest BCUT2D eigenvalue weighted by atomic mass is 9.90. The molecule has 0 saturated carbocycles. The van der Waals surface area contributed by atoms with Crippen molar-refractivity contribution in [2.45, 2.75) is 71.6 Å². The topological polar surface area (TPSA) is 0 Å². The van der Waals surface area contributed by atoms with Crippen LogP contribution >= 0.6 is 34.0 Å². The van der Waals surface area contributed by atoms with Crippen molar-refractivity contribution in [2.24, 2.45) is 0 Å². The molecule has 0 aliphatic rings. The largest absolute Gasteiger partial charge is 0.460 e. The average molecular weight is 884 g/mol. The summed E-state index contributed by atoms with van der Waals surface area (Å²) in [5.41, 5.74) is -5.11. The summed E-state index contributed by atoms with van der Waals surface area (Å²) in [4.78, 5) is -5.26. The van der Waals surface area contributed by atoms with Crippen LogP contribution in [0.25, 0.3) is 19.5 Å². The molecule has 3 aromatic rings. The highest BCUT2D eigenvalue weighted by Crippen LogP contribution is 2.65. The van der Waals surface area contributed by atoms with Gasteiger partial charge in [-0.2, -0.15) is 114 Å². The van der Waals surface area contributed by atoms with Crippen molar-refractivity contribution in [1.29, 1.82) is 0 Å². The molecule has 0 spiro atoms. The van der Waals surface area contributed by atoms with Crippen molar-refractivity contribution in [3.8, 4) is 19.5 Å². The predicted molar refractivity (Wildman–Crippen MR) is 130 cm³/mol. The molecule has 0 aliphatic heterocycles. The Bertz CT molecular complexity index is 1650. The van der Waals surface area contributed by atoms with Crippen LogP contribution in [0.2, 0.25) is 0 Å². The molecule has 3 heterocycles. The van der Waals surface area contributed by atoms with Crippen LogP contribution in [-0.2, 0) is 11.8 Å². The van der Waals surface area contributed by atoms with E-state index in [9.17, 15) is 114 Å². The highest BCUT2D eigenvalue weighted by Gasteiger charge is 2.92. The molecule has 0 unspecified atom stereocenters. The van der Waals surface area contributed by atoms with Gasteiger partial charge in [0.1, 0.15) is 0 Å². The summed E-state index contributed by atoms with van der Waals surface area (Å²) in [7, 11) is 0. The van der Waals surface area contributed by atoms with Gasteiger partial charge in [0.25, 0.3) is 0 Å². The molecule has 0 amide bonds. The molecular weight excluding hydrogens is 878 g/mol. The smallest absolute Gasteiger partial charge is 0.194 e. The second-order valence-corrected chi connectivity index (χ2v) is 13.1. The Hall–Kier alpha value is -2.72. The quantitative estimate of drug-likeness (QED) is 0.159. The van der Waals surface area contributed by atoms with Crippen LogP contribution in [0.15, 0.2) is 35.0 Å². The van der Waals surface area contributed by atoms with Crippen LogP contribution in [0.3, 0.4) is 0 Å². The Kier molecular flexibility index (Phi) is 10.4. The van der Waals surface area contributed by atoms with Crippen molar-refractivity contribution >= 4 is 34.0 Å². The van der Waals surface area contributed by atoms with Crippen LogP contribution in [0.5, 0.6) is 0 Å². The average Bonchev–Trinajstić information content (AvgIpc) is 3.75. The lowest BCUT2D eigenvalue weighted by Crippen LogP contribution is -2.69. The Morgan fingerprint density at radius 2 is 0.547 bits per heavy atom. The number of hydrogen-bond acceptors (Lipinski definition) is 3. The fraction of sp³-hybridized carbons (Fsp3) is 0.500. The van der Waals surface area contributed by atoms with Crippen molar-refractivity contribution in [1.82, 2.24) is 0 Å². The molecule has 3 rings (SSSR count). The van der Waals surface area contributed by atoms with Gasteiger partial charge in [0.05, 0.1) is 9.75 Å². The first kappa shape index (κ1) is 44.7. The minimum Gasteiger partial charge on any atom is -0.194 e. The van der Waals surface area contributed by atoms with Gasteiger partial charge in [-0.05, 0) is 35.0 Å². The van der Waals surface area contributed by atoms with Gasteiger partial charge < -0.3 is 0 Å². The second-order valence-electron chi connectivity index (χ2n) is 10.2. The van der Waals surface area contributed by atoms with E-state index in [1.165, 1.54) is 0 Å². The zero-order valence-corrected chi connectivity index (χ0v) is 26.0. The molecule has 0 atom stereocenters. The number of alkyl halides is 26. The van der Waals surface area contributed by atoms with Crippen molar-refractivity contribution in [3.05, 3.63) is 46.2 Å². The third-order valence-electron chi connectivity index (χ3n) is 6.93. The number of thiophene rings is 3. The molecule has 0 bridgehead atoms. The van der Waals surface area contributed by atoms with Crippen LogP contribution < -0.4 is 0 Å². The fourth-order valence-electron chi connectivity index (χ4n) is 3.95. The predicted octanol–water partition coefficient (Wildman–Crippen LogP) is 13.6. The van der Waals surface area contributed by atoms with E-state index < -0.39 is 102 Å². The van der Waals surface area contributed by atoms with Gasteiger partial charge in [0.2, 0.25) is 0 Å². The summed E-state index contributed by atoms with van der Waals surface area (Å²) in [5, 5.41) is 0.498. The zero-order valence-electron chi connectivity index (χ0n) is 23.5. The van der Waals surface area contributed by atoms with Crippen LogP contribution in [0.1, 0.15) is 11.1 Å². The zero-order chi connectivity index (χ0) is 41.8. The van der Waals surface area contributed by atoms with Gasteiger partial charge in [-0.15, -0.1) is 34.0 Å². The first-order valence-electron chi connectivity index (χ1n) is 12.4. The van der Waals surface area contributed by atoms with Crippen molar-refractivity contribution < 1.29 is 114 Å². The molecule has 3 aromatic heterocycles. The number of hydrogen-bond donors (Lipinski definition) is 0. The number of rotatable bonds is 12. The summed E-state index contributed by atoms with van der Waals surface area (Å²) >= 11 is -0.903. The maximum Gasteiger partial charge on any atom is 0.460 e. The Morgan fingerprint density at radius 1 is 0.302 bits per heavy atom.